The molecule has 3 heteroatoms. The number of unbranched alkanes of at least 4 members (excludes halogenated alkanes) is 1. The first-order valence-corrected chi connectivity index (χ1v) is 7.43. The summed E-state index contributed by atoms with van der Waals surface area (Å²) in [6.45, 7) is 4.34. The fraction of sp³-hybridized carbons (Fsp3) is 0.588. The van der Waals surface area contributed by atoms with E-state index in [1.165, 1.54) is 43.4 Å². The highest BCUT2D eigenvalue weighted by atomic mass is 16.3. The highest BCUT2D eigenvalue weighted by molar-refractivity contribution is 5.46. The summed E-state index contributed by atoms with van der Waals surface area (Å²) in [4.78, 5) is 10.5. The molecule has 0 radical (unpaired) electrons. The van der Waals surface area contributed by atoms with Gasteiger partial charge in [0.05, 0.1) is 0 Å². The molecular weight excluding hydrogens is 250 g/mol. The van der Waals surface area contributed by atoms with Crippen molar-refractivity contribution in [3.05, 3.63) is 29.8 Å². The minimum Gasteiger partial charge on any atom is -0.483 e. The molecule has 0 saturated heterocycles. The highest BCUT2D eigenvalue weighted by Crippen LogP contribution is 2.20. The van der Waals surface area contributed by atoms with Gasteiger partial charge in [0.1, 0.15) is 0 Å². The standard InChI is InChI=1S/C16H27N.CH2O2/c1-5-7-8-14(6-2)13-15-9-11-16(12-10-15)17(3)4;2-1-3/h9-12,14H,5-8,13H2,1-4H3;1H,(H,2,3). The second-order valence-electron chi connectivity index (χ2n) is 5.29. The van der Waals surface area contributed by atoms with Crippen molar-refractivity contribution >= 4 is 12.2 Å². The number of carboxylic acid groups (broad SMARTS) is 1. The molecule has 1 atom stereocenters. The smallest absolute Gasteiger partial charge is 0.290 e. The molecule has 0 aliphatic carbocycles. The van der Waals surface area contributed by atoms with Crippen molar-refractivity contribution in [2.75, 3.05) is 19.0 Å². The average molecular weight is 279 g/mol. The molecule has 0 spiro atoms. The first kappa shape index (κ1) is 18.5. The van der Waals surface area contributed by atoms with Gasteiger partial charge in [-0.25, -0.2) is 0 Å². The first-order chi connectivity index (χ1) is 9.58. The SMILES string of the molecule is CCCCC(CC)Cc1ccc(N(C)C)cc1.O=CO. The average Bonchev–Trinajstić information content (AvgIpc) is 2.44. The van der Waals surface area contributed by atoms with Gasteiger partial charge < -0.3 is 10.0 Å². The maximum atomic E-state index is 8.36. The quantitative estimate of drug-likeness (QED) is 0.760. The lowest BCUT2D eigenvalue weighted by Gasteiger charge is -2.16. The minimum atomic E-state index is -0.250. The molecule has 1 aromatic rings. The molecule has 0 aliphatic heterocycles. The van der Waals surface area contributed by atoms with Crippen LogP contribution in [0.3, 0.4) is 0 Å². The van der Waals surface area contributed by atoms with E-state index in [-0.39, 0.29) is 6.47 Å². The molecular formula is C17H29NO2. The van der Waals surface area contributed by atoms with Crippen LogP contribution in [0.25, 0.3) is 0 Å². The van der Waals surface area contributed by atoms with E-state index in [1.54, 1.807) is 0 Å². The molecule has 0 bridgehead atoms. The van der Waals surface area contributed by atoms with E-state index in [0.29, 0.717) is 0 Å². The van der Waals surface area contributed by atoms with Crippen LogP contribution in [0.15, 0.2) is 24.3 Å². The summed E-state index contributed by atoms with van der Waals surface area (Å²) in [6.07, 6.45) is 6.60. The van der Waals surface area contributed by atoms with Crippen molar-refractivity contribution in [3.63, 3.8) is 0 Å². The van der Waals surface area contributed by atoms with Crippen LogP contribution in [0, 0.1) is 5.92 Å². The third kappa shape index (κ3) is 7.82. The molecule has 0 amide bonds. The van der Waals surface area contributed by atoms with E-state index in [4.69, 9.17) is 9.90 Å². The van der Waals surface area contributed by atoms with Crippen LogP contribution in [-0.4, -0.2) is 25.7 Å². The lowest BCUT2D eigenvalue weighted by molar-refractivity contribution is -0.122. The number of rotatable bonds is 7. The van der Waals surface area contributed by atoms with Crippen LogP contribution in [0.4, 0.5) is 5.69 Å². The molecule has 0 saturated carbocycles. The maximum Gasteiger partial charge on any atom is 0.290 e. The van der Waals surface area contributed by atoms with Gasteiger partial charge in [0.25, 0.3) is 6.47 Å². The lowest BCUT2D eigenvalue weighted by atomic mass is 9.92. The zero-order chi connectivity index (χ0) is 15.4. The van der Waals surface area contributed by atoms with E-state index in [2.05, 4.69) is 57.1 Å². The summed E-state index contributed by atoms with van der Waals surface area (Å²) in [6, 6.07) is 9.01. The molecule has 1 N–H and O–H groups in total. The van der Waals surface area contributed by atoms with Gasteiger partial charge in [-0.2, -0.15) is 0 Å². The van der Waals surface area contributed by atoms with Gasteiger partial charge in [-0.1, -0.05) is 51.7 Å². The predicted molar refractivity (Wildman–Crippen MR) is 86.5 cm³/mol. The Morgan fingerprint density at radius 3 is 2.15 bits per heavy atom. The molecule has 1 aromatic carbocycles. The van der Waals surface area contributed by atoms with E-state index in [9.17, 15) is 0 Å². The van der Waals surface area contributed by atoms with Gasteiger partial charge in [0.2, 0.25) is 0 Å². The number of nitrogens with zero attached hydrogens (tertiary/aromatic N) is 1. The van der Waals surface area contributed by atoms with Crippen molar-refractivity contribution in [2.24, 2.45) is 5.92 Å². The summed E-state index contributed by atoms with van der Waals surface area (Å²) < 4.78 is 0. The fourth-order valence-corrected chi connectivity index (χ4v) is 2.21. The third-order valence-corrected chi connectivity index (χ3v) is 3.52. The van der Waals surface area contributed by atoms with Gasteiger partial charge in [-0.05, 0) is 30.0 Å². The van der Waals surface area contributed by atoms with Crippen molar-refractivity contribution in [2.45, 2.75) is 46.0 Å². The van der Waals surface area contributed by atoms with Gasteiger partial charge in [0.15, 0.2) is 0 Å². The van der Waals surface area contributed by atoms with Crippen molar-refractivity contribution in [3.8, 4) is 0 Å². The van der Waals surface area contributed by atoms with Gasteiger partial charge in [-0.3, -0.25) is 4.79 Å². The Bertz CT molecular complexity index is 347. The highest BCUT2D eigenvalue weighted by Gasteiger charge is 2.07. The maximum absolute atomic E-state index is 8.36. The van der Waals surface area contributed by atoms with Crippen LogP contribution < -0.4 is 4.90 Å². The van der Waals surface area contributed by atoms with Crippen molar-refractivity contribution in [1.82, 2.24) is 0 Å². The Balaban J connectivity index is 0.00000110. The predicted octanol–water partition coefficient (Wildman–Crippen LogP) is 4.21. The Morgan fingerprint density at radius 1 is 1.20 bits per heavy atom. The molecule has 0 heterocycles. The molecule has 0 aromatic heterocycles. The normalized spacial score (nSPS) is 11.2. The van der Waals surface area contributed by atoms with E-state index in [1.807, 2.05) is 0 Å². The Kier molecular flexibility index (Phi) is 10.5. The van der Waals surface area contributed by atoms with Gasteiger partial charge in [0, 0.05) is 19.8 Å². The Hall–Kier alpha value is -1.51. The van der Waals surface area contributed by atoms with Crippen LogP contribution in [-0.2, 0) is 11.2 Å². The van der Waals surface area contributed by atoms with Gasteiger partial charge in [-0.15, -0.1) is 0 Å². The third-order valence-electron chi connectivity index (χ3n) is 3.52. The molecule has 1 unspecified atom stereocenters. The van der Waals surface area contributed by atoms with Crippen LogP contribution in [0.2, 0.25) is 0 Å². The number of anilines is 1. The first-order valence-electron chi connectivity index (χ1n) is 7.43. The number of hydrogen-bond donors (Lipinski definition) is 1. The fourth-order valence-electron chi connectivity index (χ4n) is 2.21. The summed E-state index contributed by atoms with van der Waals surface area (Å²) in [5.74, 6) is 0.861. The van der Waals surface area contributed by atoms with E-state index >= 15 is 0 Å². The largest absolute Gasteiger partial charge is 0.483 e. The minimum absolute atomic E-state index is 0.250. The zero-order valence-electron chi connectivity index (χ0n) is 13.3. The number of benzene rings is 1. The summed E-state index contributed by atoms with van der Waals surface area (Å²) >= 11 is 0. The zero-order valence-corrected chi connectivity index (χ0v) is 13.3. The monoisotopic (exact) mass is 279 g/mol. The second kappa shape index (κ2) is 11.3. The molecule has 0 aliphatic rings. The number of hydrogen-bond acceptors (Lipinski definition) is 2. The van der Waals surface area contributed by atoms with Gasteiger partial charge >= 0.3 is 0 Å². The Morgan fingerprint density at radius 2 is 1.75 bits per heavy atom. The van der Waals surface area contributed by atoms with Crippen LogP contribution >= 0.6 is 0 Å². The van der Waals surface area contributed by atoms with Crippen LogP contribution in [0.1, 0.15) is 45.1 Å². The molecule has 20 heavy (non-hydrogen) atoms. The van der Waals surface area contributed by atoms with E-state index in [0.717, 1.165) is 5.92 Å². The Labute approximate surface area is 123 Å². The lowest BCUT2D eigenvalue weighted by Crippen LogP contribution is -2.08. The second-order valence-corrected chi connectivity index (χ2v) is 5.29. The van der Waals surface area contributed by atoms with Crippen LogP contribution in [0.5, 0.6) is 0 Å². The summed E-state index contributed by atoms with van der Waals surface area (Å²) in [5.41, 5.74) is 2.77. The summed E-state index contributed by atoms with van der Waals surface area (Å²) in [5, 5.41) is 6.89. The topological polar surface area (TPSA) is 40.5 Å². The molecule has 0 fully saturated rings. The van der Waals surface area contributed by atoms with Crippen molar-refractivity contribution in [1.29, 1.82) is 0 Å². The molecule has 114 valence electrons. The molecule has 1 rings (SSSR count). The number of carbonyl (C=O) groups is 1. The summed E-state index contributed by atoms with van der Waals surface area (Å²) in [7, 11) is 4.18. The molecule has 3 nitrogen and oxygen atoms in total. The van der Waals surface area contributed by atoms with E-state index < -0.39 is 0 Å². The van der Waals surface area contributed by atoms with Crippen molar-refractivity contribution < 1.29 is 9.90 Å².